The number of nitrogens with one attached hydrogen (secondary N) is 2. The zero-order valence-corrected chi connectivity index (χ0v) is 29.9. The Morgan fingerprint density at radius 3 is 2.32 bits per heavy atom. The molecule has 7 rings (SSSR count). The first-order chi connectivity index (χ1) is 22.7. The second-order valence-corrected chi connectivity index (χ2v) is 16.5. The third kappa shape index (κ3) is 8.36. The quantitative estimate of drug-likeness (QED) is 0.187. The number of carbonyl (C=O) groups is 2. The van der Waals surface area contributed by atoms with Crippen molar-refractivity contribution in [2.45, 2.75) is 102 Å². The van der Waals surface area contributed by atoms with Crippen molar-refractivity contribution in [3.63, 3.8) is 0 Å². The largest absolute Gasteiger partial charge is 0.480 e. The minimum absolute atomic E-state index is 0.188. The van der Waals surface area contributed by atoms with Gasteiger partial charge in [-0.15, -0.1) is 0 Å². The molecule has 0 radical (unpaired) electrons. The predicted molar refractivity (Wildman–Crippen MR) is 197 cm³/mol. The summed E-state index contributed by atoms with van der Waals surface area (Å²) < 4.78 is 0. The average molecular weight is 676 g/mol. The lowest BCUT2D eigenvalue weighted by Gasteiger charge is -2.57. The van der Waals surface area contributed by atoms with Crippen LogP contribution in [0.3, 0.4) is 0 Å². The van der Waals surface area contributed by atoms with Crippen molar-refractivity contribution in [1.29, 1.82) is 0 Å². The molecule has 1 amide bonds. The highest BCUT2D eigenvalue weighted by Gasteiger charge is 2.51. The Labute approximate surface area is 291 Å². The smallest absolute Gasteiger partial charge is 0.326 e. The number of carbonyl (C=O) groups excluding carboxylic acids is 1. The molecule has 5 saturated carbocycles. The molecule has 2 aromatic carbocycles. The zero-order chi connectivity index (χ0) is 33.0. The Morgan fingerprint density at radius 2 is 1.68 bits per heavy atom. The third-order valence-corrected chi connectivity index (χ3v) is 12.6. The second kappa shape index (κ2) is 15.3. The zero-order valence-electron chi connectivity index (χ0n) is 28.3. The Morgan fingerprint density at radius 1 is 1.00 bits per heavy atom. The van der Waals surface area contributed by atoms with E-state index >= 15 is 0 Å². The van der Waals surface area contributed by atoms with Crippen LogP contribution in [0.2, 0.25) is 0 Å². The Balaban J connectivity index is 1.22. The second-order valence-electron chi connectivity index (χ2n) is 15.2. The molecule has 1 atom stereocenters. The maximum Gasteiger partial charge on any atom is 0.326 e. The van der Waals surface area contributed by atoms with E-state index in [1.807, 2.05) is 36.6 Å². The topological polar surface area (TPSA) is 81.7 Å². The summed E-state index contributed by atoms with van der Waals surface area (Å²) in [5, 5.41) is 17.5. The van der Waals surface area contributed by atoms with Crippen LogP contribution in [-0.2, 0) is 11.2 Å². The molecule has 47 heavy (non-hydrogen) atoms. The molecule has 4 bridgehead atoms. The number of benzene rings is 2. The fourth-order valence-electron chi connectivity index (χ4n) is 9.56. The SMILES string of the molecule is CSCC[C@H](NC(=O)c1ccc(CCN(CC2CCCCC2)C(=S)NC23CC4CC(CC(C4)C2)C3)cc1-c1ccccc1C)C(=O)O. The first-order valence-electron chi connectivity index (χ1n) is 18.0. The fourth-order valence-corrected chi connectivity index (χ4v) is 10.4. The van der Waals surface area contributed by atoms with E-state index in [1.54, 1.807) is 11.8 Å². The lowest BCUT2D eigenvalue weighted by molar-refractivity contribution is -0.139. The number of carboxylic acids is 1. The molecule has 0 saturated heterocycles. The maximum atomic E-state index is 13.6. The van der Waals surface area contributed by atoms with E-state index in [9.17, 15) is 14.7 Å². The van der Waals surface area contributed by atoms with Crippen molar-refractivity contribution in [3.8, 4) is 11.1 Å². The molecule has 3 N–H and O–H groups in total. The number of carboxylic acid groups (broad SMARTS) is 1. The van der Waals surface area contributed by atoms with Crippen LogP contribution in [-0.4, -0.2) is 63.7 Å². The van der Waals surface area contributed by atoms with Crippen molar-refractivity contribution in [2.24, 2.45) is 23.7 Å². The van der Waals surface area contributed by atoms with Crippen molar-refractivity contribution < 1.29 is 14.7 Å². The maximum absolute atomic E-state index is 13.6. The molecule has 0 aromatic heterocycles. The normalized spacial score (nSPS) is 25.7. The van der Waals surface area contributed by atoms with Gasteiger partial charge in [0.15, 0.2) is 5.11 Å². The lowest BCUT2D eigenvalue weighted by atomic mass is 9.53. The number of amides is 1. The van der Waals surface area contributed by atoms with Gasteiger partial charge in [0, 0.05) is 24.2 Å². The van der Waals surface area contributed by atoms with Gasteiger partial charge in [-0.3, -0.25) is 4.79 Å². The Hall–Kier alpha value is -2.58. The standard InChI is InChI=1S/C39H53N3O3S2/c1-26-8-6-7-11-32(26)34-21-27(12-13-33(34)36(43)40-35(37(44)45)15-17-47-2)14-16-42(25-28-9-4-3-5-10-28)38(46)41-39-22-29-18-30(23-39)20-31(19-29)24-39/h6-8,11-13,21,28-31,35H,3-5,9-10,14-20,22-25H2,1-2H3,(H,40,43)(H,41,46)(H,44,45)/t29?,30?,31?,35-,39?/m0/s1. The average Bonchev–Trinajstić information content (AvgIpc) is 3.04. The molecule has 254 valence electrons. The number of rotatable bonds is 13. The Bertz CT molecular complexity index is 1400. The van der Waals surface area contributed by atoms with Gasteiger partial charge in [-0.25, -0.2) is 4.79 Å². The first kappa shape index (κ1) is 34.3. The molecular formula is C39H53N3O3S2. The van der Waals surface area contributed by atoms with Gasteiger partial charge in [-0.05, 0) is 147 Å². The van der Waals surface area contributed by atoms with Gasteiger partial charge in [0.05, 0.1) is 0 Å². The van der Waals surface area contributed by atoms with E-state index in [1.165, 1.54) is 70.6 Å². The summed E-state index contributed by atoms with van der Waals surface area (Å²) in [5.41, 5.74) is 4.78. The molecule has 0 aliphatic heterocycles. The number of thioether (sulfide) groups is 1. The van der Waals surface area contributed by atoms with Crippen LogP contribution in [0, 0.1) is 30.6 Å². The number of aliphatic carboxylic acids is 1. The minimum atomic E-state index is -1.00. The van der Waals surface area contributed by atoms with Gasteiger partial charge in [0.25, 0.3) is 5.91 Å². The summed E-state index contributed by atoms with van der Waals surface area (Å²) in [6, 6.07) is 13.3. The summed E-state index contributed by atoms with van der Waals surface area (Å²) in [6.45, 7) is 3.90. The highest BCUT2D eigenvalue weighted by atomic mass is 32.2. The van der Waals surface area contributed by atoms with Crippen LogP contribution in [0.25, 0.3) is 11.1 Å². The van der Waals surface area contributed by atoms with E-state index in [2.05, 4.69) is 34.6 Å². The van der Waals surface area contributed by atoms with Gasteiger partial charge in [-0.1, -0.05) is 55.7 Å². The van der Waals surface area contributed by atoms with Crippen molar-refractivity contribution in [2.75, 3.05) is 25.1 Å². The number of thiocarbonyl (C=S) groups is 1. The molecule has 0 spiro atoms. The van der Waals surface area contributed by atoms with E-state index in [0.29, 0.717) is 23.7 Å². The molecule has 5 aliphatic carbocycles. The molecule has 8 heteroatoms. The van der Waals surface area contributed by atoms with Crippen LogP contribution < -0.4 is 10.6 Å². The van der Waals surface area contributed by atoms with Gasteiger partial charge in [0.2, 0.25) is 0 Å². The summed E-state index contributed by atoms with van der Waals surface area (Å²) in [6.07, 6.45) is 17.8. The van der Waals surface area contributed by atoms with Crippen LogP contribution in [0.4, 0.5) is 0 Å². The van der Waals surface area contributed by atoms with E-state index in [0.717, 1.165) is 64.6 Å². The minimum Gasteiger partial charge on any atom is -0.480 e. The van der Waals surface area contributed by atoms with Gasteiger partial charge in [0.1, 0.15) is 6.04 Å². The van der Waals surface area contributed by atoms with E-state index in [-0.39, 0.29) is 11.4 Å². The third-order valence-electron chi connectivity index (χ3n) is 11.5. The summed E-state index contributed by atoms with van der Waals surface area (Å²) in [7, 11) is 0. The van der Waals surface area contributed by atoms with E-state index < -0.39 is 12.0 Å². The van der Waals surface area contributed by atoms with Crippen molar-refractivity contribution in [1.82, 2.24) is 15.5 Å². The summed E-state index contributed by atoms with van der Waals surface area (Å²) in [5.74, 6) is 2.61. The summed E-state index contributed by atoms with van der Waals surface area (Å²) >= 11 is 7.85. The molecular weight excluding hydrogens is 623 g/mol. The lowest BCUT2D eigenvalue weighted by Crippen LogP contribution is -2.62. The molecule has 6 nitrogen and oxygen atoms in total. The molecule has 5 fully saturated rings. The van der Waals surface area contributed by atoms with Crippen molar-refractivity contribution >= 4 is 41.0 Å². The number of nitrogens with zero attached hydrogens (tertiary/aromatic N) is 1. The highest BCUT2D eigenvalue weighted by molar-refractivity contribution is 7.98. The van der Waals surface area contributed by atoms with Crippen LogP contribution in [0.15, 0.2) is 42.5 Å². The Kier molecular flexibility index (Phi) is 11.2. The fraction of sp³-hybridized carbons (Fsp3) is 0.615. The number of hydrogen-bond donors (Lipinski definition) is 3. The van der Waals surface area contributed by atoms with Gasteiger partial charge >= 0.3 is 5.97 Å². The molecule has 0 heterocycles. The number of aryl methyl sites for hydroxylation is 1. The van der Waals surface area contributed by atoms with Crippen LogP contribution >= 0.6 is 24.0 Å². The van der Waals surface area contributed by atoms with E-state index in [4.69, 9.17) is 12.2 Å². The van der Waals surface area contributed by atoms with Gasteiger partial charge < -0.3 is 20.6 Å². The molecule has 0 unspecified atom stereocenters. The first-order valence-corrected chi connectivity index (χ1v) is 19.8. The summed E-state index contributed by atoms with van der Waals surface area (Å²) in [4.78, 5) is 28.0. The molecule has 2 aromatic rings. The van der Waals surface area contributed by atoms with Gasteiger partial charge in [-0.2, -0.15) is 11.8 Å². The highest BCUT2D eigenvalue weighted by Crippen LogP contribution is 2.55. The predicted octanol–water partition coefficient (Wildman–Crippen LogP) is 7.87. The monoisotopic (exact) mass is 675 g/mol. The van der Waals surface area contributed by atoms with Crippen LogP contribution in [0.1, 0.15) is 98.5 Å². The van der Waals surface area contributed by atoms with Crippen molar-refractivity contribution in [3.05, 3.63) is 59.2 Å². The van der Waals surface area contributed by atoms with Crippen LogP contribution in [0.5, 0.6) is 0 Å². The number of hydrogen-bond acceptors (Lipinski definition) is 4. The molecule has 5 aliphatic rings.